The molecular weight excluding hydrogens is 460 g/mol. The van der Waals surface area contributed by atoms with Gasteiger partial charge in [-0.05, 0) is 66.4 Å². The number of rotatable bonds is 6. The van der Waals surface area contributed by atoms with E-state index in [2.05, 4.69) is 39.1 Å². The fourth-order valence-corrected chi connectivity index (χ4v) is 4.82. The highest BCUT2D eigenvalue weighted by Gasteiger charge is 2.19. The number of nitrogens with zero attached hydrogens (tertiary/aromatic N) is 3. The Labute approximate surface area is 209 Å². The van der Waals surface area contributed by atoms with Crippen molar-refractivity contribution < 1.29 is 4.79 Å². The van der Waals surface area contributed by atoms with Gasteiger partial charge < -0.3 is 14.8 Å². The van der Waals surface area contributed by atoms with Gasteiger partial charge >= 0.3 is 0 Å². The summed E-state index contributed by atoms with van der Waals surface area (Å²) < 4.78 is 0. The van der Waals surface area contributed by atoms with Gasteiger partial charge in [0.1, 0.15) is 5.82 Å². The van der Waals surface area contributed by atoms with Gasteiger partial charge in [0.15, 0.2) is 0 Å². The number of carbonyl (C=O) groups excluding carboxylic acids is 1. The van der Waals surface area contributed by atoms with Crippen molar-refractivity contribution in [1.29, 1.82) is 0 Å². The van der Waals surface area contributed by atoms with Crippen LogP contribution in [0.25, 0.3) is 10.9 Å². The lowest BCUT2D eigenvalue weighted by Crippen LogP contribution is -2.33. The van der Waals surface area contributed by atoms with E-state index in [4.69, 9.17) is 11.6 Å². The molecule has 0 fully saturated rings. The smallest absolute Gasteiger partial charge is 0.258 e. The lowest BCUT2D eigenvalue weighted by atomic mass is 9.99. The van der Waals surface area contributed by atoms with Gasteiger partial charge in [-0.25, -0.2) is 4.98 Å². The maximum Gasteiger partial charge on any atom is 0.258 e. The molecule has 0 unspecified atom stereocenters. The first-order chi connectivity index (χ1) is 17.0. The normalized spacial score (nSPS) is 13.0. The van der Waals surface area contributed by atoms with Gasteiger partial charge in [-0.15, -0.1) is 0 Å². The number of carbonyl (C=O) groups is 1. The lowest BCUT2D eigenvalue weighted by molar-refractivity contribution is 0.0739. The highest BCUT2D eigenvalue weighted by Crippen LogP contribution is 2.25. The lowest BCUT2D eigenvalue weighted by Gasteiger charge is -2.31. The van der Waals surface area contributed by atoms with Gasteiger partial charge in [-0.1, -0.05) is 42.8 Å². The number of fused-ring (bicyclic) bond motifs is 2. The zero-order valence-electron chi connectivity index (χ0n) is 19.6. The predicted molar refractivity (Wildman–Crippen MR) is 140 cm³/mol. The number of hydrogen-bond acceptors (Lipinski definition) is 4. The standard InChI is InChI=1S/C28H27ClN4O2/c1-2-14-33(18-26-30-25-16-22(29)9-12-24(25)27(34)31-26)28(35)20-7-10-23(11-8-20)32-15-13-19-5-3-4-6-21(19)17-32/h3-12,16H,2,13-15,17-18H2,1H3,(H,30,31,34). The molecule has 6 nitrogen and oxygen atoms in total. The molecule has 3 aromatic carbocycles. The summed E-state index contributed by atoms with van der Waals surface area (Å²) in [6.07, 6.45) is 1.81. The van der Waals surface area contributed by atoms with Crippen molar-refractivity contribution in [2.45, 2.75) is 32.9 Å². The third-order valence-electron chi connectivity index (χ3n) is 6.45. The van der Waals surface area contributed by atoms with Crippen molar-refractivity contribution in [3.05, 3.63) is 105 Å². The molecule has 1 aliphatic heterocycles. The van der Waals surface area contributed by atoms with Crippen LogP contribution in [0.4, 0.5) is 5.69 Å². The number of anilines is 1. The van der Waals surface area contributed by atoms with E-state index in [-0.39, 0.29) is 18.0 Å². The highest BCUT2D eigenvalue weighted by molar-refractivity contribution is 6.31. The van der Waals surface area contributed by atoms with Crippen molar-refractivity contribution in [3.63, 3.8) is 0 Å². The Hall–Kier alpha value is -3.64. The molecule has 0 bridgehead atoms. The molecule has 1 amide bonds. The minimum absolute atomic E-state index is 0.0868. The van der Waals surface area contributed by atoms with E-state index >= 15 is 0 Å². The molecule has 4 aromatic rings. The van der Waals surface area contributed by atoms with Crippen LogP contribution in [0.15, 0.2) is 71.5 Å². The SMILES string of the molecule is CCCN(Cc1nc2cc(Cl)ccc2c(=O)[nH]1)C(=O)c1ccc(N2CCc3ccccc3C2)cc1. The molecule has 7 heteroatoms. The first-order valence-corrected chi connectivity index (χ1v) is 12.3. The topological polar surface area (TPSA) is 69.3 Å². The van der Waals surface area contributed by atoms with E-state index in [1.165, 1.54) is 11.1 Å². The van der Waals surface area contributed by atoms with Crippen LogP contribution in [0.2, 0.25) is 5.02 Å². The monoisotopic (exact) mass is 486 g/mol. The molecule has 0 aliphatic carbocycles. The molecule has 1 aromatic heterocycles. The number of aromatic amines is 1. The first kappa shape index (κ1) is 23.1. The number of amides is 1. The molecule has 1 aliphatic rings. The van der Waals surface area contributed by atoms with Gasteiger partial charge in [-0.2, -0.15) is 0 Å². The van der Waals surface area contributed by atoms with E-state index < -0.39 is 0 Å². The van der Waals surface area contributed by atoms with Crippen LogP contribution >= 0.6 is 11.6 Å². The second-order valence-corrected chi connectivity index (χ2v) is 9.32. The number of H-pyrrole nitrogens is 1. The maximum absolute atomic E-state index is 13.4. The Morgan fingerprint density at radius 3 is 2.63 bits per heavy atom. The number of halogens is 1. The Kier molecular flexibility index (Phi) is 6.55. The van der Waals surface area contributed by atoms with Gasteiger partial charge in [-0.3, -0.25) is 9.59 Å². The summed E-state index contributed by atoms with van der Waals surface area (Å²) >= 11 is 6.08. The second kappa shape index (κ2) is 9.92. The van der Waals surface area contributed by atoms with E-state index in [0.717, 1.165) is 31.6 Å². The van der Waals surface area contributed by atoms with Gasteiger partial charge in [0.25, 0.3) is 11.5 Å². The van der Waals surface area contributed by atoms with Crippen LogP contribution in [-0.2, 0) is 19.5 Å². The summed E-state index contributed by atoms with van der Waals surface area (Å²) in [4.78, 5) is 37.3. The quantitative estimate of drug-likeness (QED) is 0.407. The molecular formula is C28H27ClN4O2. The average Bonchev–Trinajstić information content (AvgIpc) is 2.87. The second-order valence-electron chi connectivity index (χ2n) is 8.89. The maximum atomic E-state index is 13.4. The molecule has 0 spiro atoms. The zero-order chi connectivity index (χ0) is 24.4. The third kappa shape index (κ3) is 4.93. The fraction of sp³-hybridized carbons (Fsp3) is 0.250. The predicted octanol–water partition coefficient (Wildman–Crippen LogP) is 5.19. The fourth-order valence-electron chi connectivity index (χ4n) is 4.65. The van der Waals surface area contributed by atoms with E-state index in [0.29, 0.717) is 33.9 Å². The zero-order valence-corrected chi connectivity index (χ0v) is 20.4. The Bertz CT molecular complexity index is 1430. The summed E-state index contributed by atoms with van der Waals surface area (Å²) in [5.41, 5.74) is 4.77. The van der Waals surface area contributed by atoms with Crippen molar-refractivity contribution in [2.75, 3.05) is 18.0 Å². The summed E-state index contributed by atoms with van der Waals surface area (Å²) in [7, 11) is 0. The average molecular weight is 487 g/mol. The molecule has 0 radical (unpaired) electrons. The Balaban J connectivity index is 1.34. The Morgan fingerprint density at radius 2 is 1.86 bits per heavy atom. The molecule has 1 N–H and O–H groups in total. The number of hydrogen-bond donors (Lipinski definition) is 1. The van der Waals surface area contributed by atoms with Crippen LogP contribution in [0.5, 0.6) is 0 Å². The van der Waals surface area contributed by atoms with Crippen molar-refractivity contribution in [3.8, 4) is 0 Å². The van der Waals surface area contributed by atoms with Gasteiger partial charge in [0.05, 0.1) is 17.4 Å². The summed E-state index contributed by atoms with van der Waals surface area (Å²) in [6, 6.07) is 21.4. The molecule has 0 saturated carbocycles. The largest absolute Gasteiger partial charge is 0.367 e. The molecule has 0 saturated heterocycles. The van der Waals surface area contributed by atoms with Crippen LogP contribution < -0.4 is 10.5 Å². The molecule has 0 atom stereocenters. The van der Waals surface area contributed by atoms with Crippen molar-refractivity contribution in [2.24, 2.45) is 0 Å². The third-order valence-corrected chi connectivity index (χ3v) is 6.68. The first-order valence-electron chi connectivity index (χ1n) is 11.9. The Morgan fingerprint density at radius 1 is 1.09 bits per heavy atom. The number of aromatic nitrogens is 2. The van der Waals surface area contributed by atoms with Crippen LogP contribution in [0, 0.1) is 0 Å². The molecule has 178 valence electrons. The van der Waals surface area contributed by atoms with Crippen LogP contribution in [-0.4, -0.2) is 33.9 Å². The number of benzene rings is 3. The van der Waals surface area contributed by atoms with E-state index in [9.17, 15) is 9.59 Å². The minimum atomic E-state index is -0.238. The van der Waals surface area contributed by atoms with Gasteiger partial charge in [0, 0.05) is 35.9 Å². The van der Waals surface area contributed by atoms with Crippen LogP contribution in [0.3, 0.4) is 0 Å². The number of nitrogens with one attached hydrogen (secondary N) is 1. The minimum Gasteiger partial charge on any atom is -0.367 e. The highest BCUT2D eigenvalue weighted by atomic mass is 35.5. The van der Waals surface area contributed by atoms with Crippen molar-refractivity contribution in [1.82, 2.24) is 14.9 Å². The molecule has 5 rings (SSSR count). The van der Waals surface area contributed by atoms with E-state index in [1.807, 2.05) is 31.2 Å². The molecule has 35 heavy (non-hydrogen) atoms. The van der Waals surface area contributed by atoms with Gasteiger partial charge in [0.2, 0.25) is 0 Å². The summed E-state index contributed by atoms with van der Waals surface area (Å²) in [6.45, 7) is 4.62. The van der Waals surface area contributed by atoms with E-state index in [1.54, 1.807) is 23.1 Å². The summed E-state index contributed by atoms with van der Waals surface area (Å²) in [5, 5.41) is 0.989. The molecule has 2 heterocycles. The summed E-state index contributed by atoms with van der Waals surface area (Å²) in [5.74, 6) is 0.353. The van der Waals surface area contributed by atoms with Crippen LogP contribution in [0.1, 0.15) is 40.7 Å². The van der Waals surface area contributed by atoms with Crippen molar-refractivity contribution >= 4 is 34.1 Å².